The van der Waals surface area contributed by atoms with Crippen molar-refractivity contribution < 1.29 is 24.2 Å². The quantitative estimate of drug-likeness (QED) is 0.645. The number of carbonyl (C=O) groups excluding carboxylic acids is 1. The molecular formula is C15H17ClO5. The van der Waals surface area contributed by atoms with E-state index in [-0.39, 0.29) is 6.61 Å². The van der Waals surface area contributed by atoms with E-state index >= 15 is 0 Å². The molecule has 6 heteroatoms. The molecule has 0 aliphatic rings. The highest BCUT2D eigenvalue weighted by atomic mass is 35.5. The van der Waals surface area contributed by atoms with E-state index in [0.29, 0.717) is 16.3 Å². The molecule has 114 valence electrons. The van der Waals surface area contributed by atoms with Crippen molar-refractivity contribution in [2.24, 2.45) is 5.41 Å². The van der Waals surface area contributed by atoms with Crippen molar-refractivity contribution in [3.8, 4) is 5.75 Å². The van der Waals surface area contributed by atoms with Gasteiger partial charge in [0.15, 0.2) is 0 Å². The maximum atomic E-state index is 11.6. The molecule has 0 heterocycles. The summed E-state index contributed by atoms with van der Waals surface area (Å²) in [7, 11) is 1.31. The fourth-order valence-electron chi connectivity index (χ4n) is 1.56. The van der Waals surface area contributed by atoms with E-state index in [9.17, 15) is 9.59 Å². The molecule has 0 aliphatic carbocycles. The van der Waals surface area contributed by atoms with Gasteiger partial charge in [0.1, 0.15) is 12.4 Å². The summed E-state index contributed by atoms with van der Waals surface area (Å²) in [5, 5.41) is 9.01. The predicted molar refractivity (Wildman–Crippen MR) is 79.4 cm³/mol. The molecule has 0 amide bonds. The van der Waals surface area contributed by atoms with Crippen LogP contribution in [0, 0.1) is 5.41 Å². The van der Waals surface area contributed by atoms with Crippen molar-refractivity contribution in [3.05, 3.63) is 34.9 Å². The van der Waals surface area contributed by atoms with Crippen molar-refractivity contribution in [1.29, 1.82) is 0 Å². The van der Waals surface area contributed by atoms with Crippen molar-refractivity contribution in [1.82, 2.24) is 0 Å². The number of carbonyl (C=O) groups is 2. The average Bonchev–Trinajstić information content (AvgIpc) is 2.42. The zero-order valence-corrected chi connectivity index (χ0v) is 12.8. The van der Waals surface area contributed by atoms with Crippen LogP contribution in [-0.4, -0.2) is 30.8 Å². The minimum absolute atomic E-state index is 0.0529. The van der Waals surface area contributed by atoms with Gasteiger partial charge in [0.05, 0.1) is 17.5 Å². The summed E-state index contributed by atoms with van der Waals surface area (Å²) >= 11 is 6.06. The third-order valence-electron chi connectivity index (χ3n) is 2.72. The maximum Gasteiger partial charge on any atom is 0.328 e. The molecule has 1 rings (SSSR count). The molecule has 1 aromatic carbocycles. The summed E-state index contributed by atoms with van der Waals surface area (Å²) in [6, 6.07) is 4.98. The van der Waals surface area contributed by atoms with Crippen LogP contribution in [-0.2, 0) is 14.3 Å². The molecule has 0 atom stereocenters. The van der Waals surface area contributed by atoms with Crippen LogP contribution >= 0.6 is 11.6 Å². The van der Waals surface area contributed by atoms with Gasteiger partial charge in [-0.2, -0.15) is 0 Å². The second-order valence-corrected chi connectivity index (χ2v) is 5.40. The summed E-state index contributed by atoms with van der Waals surface area (Å²) in [6.45, 7) is 3.42. The first-order valence-electron chi connectivity index (χ1n) is 6.18. The van der Waals surface area contributed by atoms with Crippen LogP contribution in [0.25, 0.3) is 6.08 Å². The van der Waals surface area contributed by atoms with E-state index in [1.165, 1.54) is 13.2 Å². The molecule has 0 spiro atoms. The molecule has 1 N–H and O–H groups in total. The minimum Gasteiger partial charge on any atom is -0.490 e. The zero-order chi connectivity index (χ0) is 16.0. The molecule has 0 radical (unpaired) electrons. The summed E-state index contributed by atoms with van der Waals surface area (Å²) in [5.74, 6) is -1.15. The number of halogens is 1. The normalized spacial score (nSPS) is 11.4. The monoisotopic (exact) mass is 312 g/mol. The molecule has 0 bridgehead atoms. The summed E-state index contributed by atoms with van der Waals surface area (Å²) in [4.78, 5) is 22.2. The van der Waals surface area contributed by atoms with Crippen LogP contribution in [0.1, 0.15) is 19.4 Å². The first-order chi connectivity index (χ1) is 9.77. The third-order valence-corrected chi connectivity index (χ3v) is 3.02. The van der Waals surface area contributed by atoms with E-state index in [1.807, 2.05) is 0 Å². The highest BCUT2D eigenvalue weighted by molar-refractivity contribution is 6.32. The highest BCUT2D eigenvalue weighted by Crippen LogP contribution is 2.31. The molecule has 21 heavy (non-hydrogen) atoms. The van der Waals surface area contributed by atoms with Gasteiger partial charge in [-0.15, -0.1) is 0 Å². The van der Waals surface area contributed by atoms with Gasteiger partial charge in [0, 0.05) is 11.6 Å². The Kier molecular flexibility index (Phi) is 5.79. The smallest absolute Gasteiger partial charge is 0.328 e. The molecule has 0 aromatic heterocycles. The molecule has 5 nitrogen and oxygen atoms in total. The fraction of sp³-hybridized carbons (Fsp3) is 0.333. The number of methoxy groups -OCH3 is 1. The maximum absolute atomic E-state index is 11.6. The number of hydrogen-bond donors (Lipinski definition) is 1. The van der Waals surface area contributed by atoms with E-state index in [1.54, 1.807) is 32.0 Å². The minimum atomic E-state index is -1.07. The van der Waals surface area contributed by atoms with Crippen LogP contribution < -0.4 is 4.74 Å². The van der Waals surface area contributed by atoms with E-state index in [4.69, 9.17) is 26.2 Å². The molecule has 0 saturated carbocycles. The van der Waals surface area contributed by atoms with Gasteiger partial charge in [-0.05, 0) is 26.0 Å². The fourth-order valence-corrected chi connectivity index (χ4v) is 1.79. The van der Waals surface area contributed by atoms with Crippen LogP contribution in [0.2, 0.25) is 5.02 Å². The van der Waals surface area contributed by atoms with Crippen LogP contribution in [0.4, 0.5) is 0 Å². The average molecular weight is 313 g/mol. The van der Waals surface area contributed by atoms with Crippen LogP contribution in [0.3, 0.4) is 0 Å². The number of para-hydroxylation sites is 1. The number of benzene rings is 1. The first kappa shape index (κ1) is 17.0. The van der Waals surface area contributed by atoms with Gasteiger partial charge in [-0.25, -0.2) is 4.79 Å². The Morgan fingerprint density at radius 2 is 2.05 bits per heavy atom. The third kappa shape index (κ3) is 4.79. The lowest BCUT2D eigenvalue weighted by Crippen LogP contribution is -2.32. The number of carboxylic acid groups (broad SMARTS) is 1. The van der Waals surface area contributed by atoms with Gasteiger partial charge in [0.2, 0.25) is 0 Å². The molecule has 0 aliphatic heterocycles. The molecule has 0 saturated heterocycles. The van der Waals surface area contributed by atoms with Crippen LogP contribution in [0.15, 0.2) is 24.3 Å². The Bertz CT molecular complexity index is 563. The van der Waals surface area contributed by atoms with Gasteiger partial charge in [0.25, 0.3) is 0 Å². The second-order valence-electron chi connectivity index (χ2n) is 4.99. The van der Waals surface area contributed by atoms with Gasteiger partial charge >= 0.3 is 11.9 Å². The van der Waals surface area contributed by atoms with Gasteiger partial charge in [-0.3, -0.25) is 4.79 Å². The summed E-state index contributed by atoms with van der Waals surface area (Å²) in [5.41, 5.74) is -0.326. The molecular weight excluding hydrogens is 296 g/mol. The second kappa shape index (κ2) is 7.13. The zero-order valence-electron chi connectivity index (χ0n) is 12.1. The Hall–Kier alpha value is -2.01. The Labute approximate surface area is 128 Å². The van der Waals surface area contributed by atoms with Gasteiger partial charge < -0.3 is 14.6 Å². The lowest BCUT2D eigenvalue weighted by molar-refractivity contribution is -0.152. The number of rotatable bonds is 6. The van der Waals surface area contributed by atoms with Crippen molar-refractivity contribution in [2.75, 3.05) is 13.7 Å². The van der Waals surface area contributed by atoms with E-state index < -0.39 is 17.4 Å². The number of aliphatic carboxylic acids is 1. The van der Waals surface area contributed by atoms with Crippen LogP contribution in [0.5, 0.6) is 5.75 Å². The van der Waals surface area contributed by atoms with Gasteiger partial charge in [-0.1, -0.05) is 23.7 Å². The predicted octanol–water partition coefficient (Wildman–Crippen LogP) is 3.02. The molecule has 0 unspecified atom stereocenters. The number of ether oxygens (including phenoxy) is 2. The Balaban J connectivity index is 2.97. The number of hydrogen-bond acceptors (Lipinski definition) is 4. The molecule has 0 fully saturated rings. The number of carboxylic acids is 1. The number of esters is 1. The van der Waals surface area contributed by atoms with E-state index in [0.717, 1.165) is 6.08 Å². The topological polar surface area (TPSA) is 72.8 Å². The molecule has 1 aromatic rings. The summed E-state index contributed by atoms with van der Waals surface area (Å²) in [6.07, 6.45) is 2.37. The van der Waals surface area contributed by atoms with E-state index in [2.05, 4.69) is 0 Å². The largest absolute Gasteiger partial charge is 0.490 e. The van der Waals surface area contributed by atoms with Crippen molar-refractivity contribution in [2.45, 2.75) is 13.8 Å². The first-order valence-corrected chi connectivity index (χ1v) is 6.56. The Morgan fingerprint density at radius 1 is 1.38 bits per heavy atom. The lowest BCUT2D eigenvalue weighted by atomic mass is 9.95. The van der Waals surface area contributed by atoms with Crippen molar-refractivity contribution in [3.63, 3.8) is 0 Å². The standard InChI is InChI=1S/C15H17ClO5/c1-15(2,14(19)20-3)9-21-13-10(7-8-12(17)18)5-4-6-11(13)16/h4-8H,9H2,1-3H3,(H,17,18)/b8-7+. The Morgan fingerprint density at radius 3 is 2.62 bits per heavy atom. The SMILES string of the molecule is COC(=O)C(C)(C)COc1c(Cl)cccc1/C=C/C(=O)O. The van der Waals surface area contributed by atoms with Crippen molar-refractivity contribution >= 4 is 29.6 Å². The highest BCUT2D eigenvalue weighted by Gasteiger charge is 2.30. The lowest BCUT2D eigenvalue weighted by Gasteiger charge is -2.22. The summed E-state index contributed by atoms with van der Waals surface area (Å²) < 4.78 is 10.3.